The highest BCUT2D eigenvalue weighted by Crippen LogP contribution is 2.44. The summed E-state index contributed by atoms with van der Waals surface area (Å²) in [6, 6.07) is 1.65. The average molecular weight is 384 g/mol. The molecule has 2 aromatic heterocycles. The van der Waals surface area contributed by atoms with Gasteiger partial charge in [-0.15, -0.1) is 0 Å². The molecule has 3 heterocycles. The molecule has 0 bridgehead atoms. The zero-order valence-corrected chi connectivity index (χ0v) is 16.3. The summed E-state index contributed by atoms with van der Waals surface area (Å²) in [5.74, 6) is -0.0719. The van der Waals surface area contributed by atoms with Crippen LogP contribution in [0.3, 0.4) is 0 Å². The SMILES string of the molecule is CC[C@]1(C)C(=O)N(C)c2cnc(-n3ccc(C(=O)O)n3)nc2N1C1CCCC1. The summed E-state index contributed by atoms with van der Waals surface area (Å²) >= 11 is 0. The quantitative estimate of drug-likeness (QED) is 0.862. The molecular formula is C19H24N6O3. The first-order chi connectivity index (χ1) is 13.4. The van der Waals surface area contributed by atoms with Crippen molar-refractivity contribution < 1.29 is 14.7 Å². The van der Waals surface area contributed by atoms with Crippen molar-refractivity contribution in [1.82, 2.24) is 19.7 Å². The second kappa shape index (κ2) is 6.57. The maximum absolute atomic E-state index is 13.2. The smallest absolute Gasteiger partial charge is 0.356 e. The number of hydrogen-bond acceptors (Lipinski definition) is 6. The number of nitrogens with zero attached hydrogens (tertiary/aromatic N) is 6. The first kappa shape index (κ1) is 18.4. The lowest BCUT2D eigenvalue weighted by atomic mass is 9.89. The molecule has 0 spiro atoms. The zero-order chi connectivity index (χ0) is 20.1. The van der Waals surface area contributed by atoms with Gasteiger partial charge >= 0.3 is 5.97 Å². The van der Waals surface area contributed by atoms with Crippen LogP contribution in [-0.4, -0.2) is 55.4 Å². The number of amides is 1. The summed E-state index contributed by atoms with van der Waals surface area (Å²) in [7, 11) is 1.75. The van der Waals surface area contributed by atoms with Crippen LogP contribution < -0.4 is 9.80 Å². The van der Waals surface area contributed by atoms with Crippen LogP contribution in [0.15, 0.2) is 18.5 Å². The Labute approximate surface area is 163 Å². The monoisotopic (exact) mass is 384 g/mol. The number of aromatic carboxylic acids is 1. The van der Waals surface area contributed by atoms with Crippen LogP contribution in [0, 0.1) is 0 Å². The maximum Gasteiger partial charge on any atom is 0.356 e. The molecule has 2 aromatic rings. The Morgan fingerprint density at radius 2 is 2.07 bits per heavy atom. The van der Waals surface area contributed by atoms with Crippen molar-refractivity contribution in [2.75, 3.05) is 16.8 Å². The average Bonchev–Trinajstić information content (AvgIpc) is 3.38. The zero-order valence-electron chi connectivity index (χ0n) is 16.3. The summed E-state index contributed by atoms with van der Waals surface area (Å²) in [5, 5.41) is 13.2. The number of fused-ring (bicyclic) bond motifs is 1. The van der Waals surface area contributed by atoms with E-state index in [1.807, 2.05) is 13.8 Å². The van der Waals surface area contributed by atoms with Crippen molar-refractivity contribution in [3.8, 4) is 5.95 Å². The van der Waals surface area contributed by atoms with Gasteiger partial charge in [-0.05, 0) is 32.3 Å². The van der Waals surface area contributed by atoms with Crippen molar-refractivity contribution in [3.05, 3.63) is 24.2 Å². The molecule has 9 nitrogen and oxygen atoms in total. The van der Waals surface area contributed by atoms with Gasteiger partial charge in [0, 0.05) is 19.3 Å². The Bertz CT molecular complexity index is 936. The van der Waals surface area contributed by atoms with E-state index in [0.29, 0.717) is 17.9 Å². The van der Waals surface area contributed by atoms with E-state index in [2.05, 4.69) is 15.0 Å². The third-order valence-electron chi connectivity index (χ3n) is 6.02. The highest BCUT2D eigenvalue weighted by atomic mass is 16.4. The van der Waals surface area contributed by atoms with Crippen LogP contribution in [-0.2, 0) is 4.79 Å². The largest absolute Gasteiger partial charge is 0.476 e. The Kier molecular flexibility index (Phi) is 4.32. The third-order valence-corrected chi connectivity index (χ3v) is 6.02. The number of carbonyl (C=O) groups excluding carboxylic acids is 1. The van der Waals surface area contributed by atoms with E-state index in [9.17, 15) is 9.59 Å². The molecule has 9 heteroatoms. The molecule has 28 heavy (non-hydrogen) atoms. The molecule has 0 aromatic carbocycles. The van der Waals surface area contributed by atoms with Gasteiger partial charge in [0.15, 0.2) is 11.5 Å². The first-order valence-electron chi connectivity index (χ1n) is 9.60. The van der Waals surface area contributed by atoms with E-state index in [1.165, 1.54) is 16.9 Å². The topological polar surface area (TPSA) is 104 Å². The van der Waals surface area contributed by atoms with E-state index >= 15 is 0 Å². The Hall–Kier alpha value is -2.97. The van der Waals surface area contributed by atoms with Gasteiger partial charge in [-0.25, -0.2) is 14.5 Å². The van der Waals surface area contributed by atoms with Crippen molar-refractivity contribution in [2.24, 2.45) is 0 Å². The van der Waals surface area contributed by atoms with Gasteiger partial charge < -0.3 is 14.9 Å². The maximum atomic E-state index is 13.2. The Morgan fingerprint density at radius 3 is 2.68 bits per heavy atom. The molecule has 1 aliphatic carbocycles. The summed E-state index contributed by atoms with van der Waals surface area (Å²) in [4.78, 5) is 37.2. The molecule has 1 saturated carbocycles. The molecular weight excluding hydrogens is 360 g/mol. The van der Waals surface area contributed by atoms with Gasteiger partial charge in [0.05, 0.1) is 6.20 Å². The summed E-state index contributed by atoms with van der Waals surface area (Å²) in [5.41, 5.74) is -0.0875. The van der Waals surface area contributed by atoms with E-state index in [0.717, 1.165) is 25.7 Å². The predicted octanol–water partition coefficient (Wildman–Crippen LogP) is 2.25. The number of likely N-dealkylation sites (N-methyl/N-ethyl adjacent to an activating group) is 1. The molecule has 1 amide bonds. The molecule has 0 unspecified atom stereocenters. The lowest BCUT2D eigenvalue weighted by Crippen LogP contribution is -2.63. The van der Waals surface area contributed by atoms with E-state index in [-0.39, 0.29) is 23.6 Å². The molecule has 1 N–H and O–H groups in total. The van der Waals surface area contributed by atoms with Crippen LogP contribution in [0.5, 0.6) is 0 Å². The number of rotatable bonds is 4. The summed E-state index contributed by atoms with van der Waals surface area (Å²) in [6.45, 7) is 4.00. The Balaban J connectivity index is 1.86. The van der Waals surface area contributed by atoms with E-state index < -0.39 is 11.5 Å². The Morgan fingerprint density at radius 1 is 1.36 bits per heavy atom. The lowest BCUT2D eigenvalue weighted by Gasteiger charge is -2.50. The van der Waals surface area contributed by atoms with E-state index in [1.54, 1.807) is 18.1 Å². The van der Waals surface area contributed by atoms with Gasteiger partial charge in [0.25, 0.3) is 11.9 Å². The first-order valence-corrected chi connectivity index (χ1v) is 9.60. The van der Waals surface area contributed by atoms with Crippen LogP contribution in [0.1, 0.15) is 56.4 Å². The highest BCUT2D eigenvalue weighted by Gasteiger charge is 2.49. The van der Waals surface area contributed by atoms with Crippen LogP contribution in [0.2, 0.25) is 0 Å². The molecule has 1 aliphatic heterocycles. The van der Waals surface area contributed by atoms with Gasteiger partial charge in [0.1, 0.15) is 11.2 Å². The second-order valence-corrected chi connectivity index (χ2v) is 7.63. The molecule has 0 radical (unpaired) electrons. The van der Waals surface area contributed by atoms with Crippen molar-refractivity contribution >= 4 is 23.4 Å². The molecule has 1 atom stereocenters. The predicted molar refractivity (Wildman–Crippen MR) is 103 cm³/mol. The second-order valence-electron chi connectivity index (χ2n) is 7.63. The van der Waals surface area contributed by atoms with Gasteiger partial charge in [-0.2, -0.15) is 10.1 Å². The third kappa shape index (κ3) is 2.64. The molecule has 0 saturated heterocycles. The fraction of sp³-hybridized carbons (Fsp3) is 0.526. The standard InChI is InChI=1S/C19H24N6O3/c1-4-19(2)17(28)23(3)14-11-20-18(24-10-9-13(22-24)16(26)27)21-15(14)25(19)12-7-5-6-8-12/h9-12H,4-8H2,1-3H3,(H,26,27)/t19-/m1/s1. The molecule has 148 valence electrons. The minimum Gasteiger partial charge on any atom is -0.476 e. The van der Waals surface area contributed by atoms with Crippen molar-refractivity contribution in [2.45, 2.75) is 57.5 Å². The number of carboxylic acids is 1. The number of carbonyl (C=O) groups is 2. The van der Waals surface area contributed by atoms with Gasteiger partial charge in [0.2, 0.25) is 0 Å². The fourth-order valence-electron chi connectivity index (χ4n) is 4.30. The molecule has 4 rings (SSSR count). The van der Waals surface area contributed by atoms with E-state index in [4.69, 9.17) is 10.1 Å². The number of aromatic nitrogens is 4. The number of hydrogen-bond donors (Lipinski definition) is 1. The van der Waals surface area contributed by atoms with Crippen LogP contribution in [0.25, 0.3) is 5.95 Å². The normalized spacial score (nSPS) is 22.6. The summed E-state index contributed by atoms with van der Waals surface area (Å²) < 4.78 is 1.36. The summed E-state index contributed by atoms with van der Waals surface area (Å²) in [6.07, 6.45) is 8.14. The van der Waals surface area contributed by atoms with Crippen LogP contribution in [0.4, 0.5) is 11.5 Å². The number of carboxylic acid groups (broad SMARTS) is 1. The lowest BCUT2D eigenvalue weighted by molar-refractivity contribution is -0.123. The van der Waals surface area contributed by atoms with Gasteiger partial charge in [-0.1, -0.05) is 19.8 Å². The van der Waals surface area contributed by atoms with Crippen LogP contribution >= 0.6 is 0 Å². The van der Waals surface area contributed by atoms with Crippen molar-refractivity contribution in [3.63, 3.8) is 0 Å². The minimum absolute atomic E-state index is 0.0398. The minimum atomic E-state index is -1.10. The number of anilines is 2. The highest BCUT2D eigenvalue weighted by molar-refractivity contribution is 6.07. The molecule has 2 aliphatic rings. The molecule has 1 fully saturated rings. The fourth-order valence-corrected chi connectivity index (χ4v) is 4.30. The van der Waals surface area contributed by atoms with Gasteiger partial charge in [-0.3, -0.25) is 4.79 Å². The van der Waals surface area contributed by atoms with Crippen molar-refractivity contribution in [1.29, 1.82) is 0 Å².